The number of hydrogen-bond acceptors (Lipinski definition) is 3. The largest absolute Gasteiger partial charge is 0.483 e. The molecule has 0 unspecified atom stereocenters. The normalized spacial score (nSPS) is 10.3. The molecule has 0 aliphatic rings. The molecule has 1 heterocycles. The molecule has 0 amide bonds. The van der Waals surface area contributed by atoms with Crippen LogP contribution in [0.5, 0.6) is 5.75 Å². The van der Waals surface area contributed by atoms with E-state index in [9.17, 15) is 8.78 Å². The van der Waals surface area contributed by atoms with E-state index >= 15 is 0 Å². The zero-order chi connectivity index (χ0) is 13.7. The Bertz CT molecular complexity index is 523. The molecule has 0 fully saturated rings. The van der Waals surface area contributed by atoms with E-state index in [-0.39, 0.29) is 12.4 Å². The van der Waals surface area contributed by atoms with Crippen LogP contribution in [0.1, 0.15) is 12.5 Å². The zero-order valence-electron chi connectivity index (χ0n) is 10.5. The molecule has 3 nitrogen and oxygen atoms in total. The number of benzene rings is 1. The summed E-state index contributed by atoms with van der Waals surface area (Å²) in [6, 6.07) is 7.20. The van der Waals surface area contributed by atoms with Gasteiger partial charge >= 0.3 is 0 Å². The van der Waals surface area contributed by atoms with E-state index in [1.165, 1.54) is 6.07 Å². The highest BCUT2D eigenvalue weighted by atomic mass is 19.1. The van der Waals surface area contributed by atoms with Gasteiger partial charge in [-0.05, 0) is 25.1 Å². The highest BCUT2D eigenvalue weighted by Crippen LogP contribution is 2.22. The van der Waals surface area contributed by atoms with Crippen molar-refractivity contribution in [3.63, 3.8) is 0 Å². The maximum Gasteiger partial charge on any atom is 0.191 e. The average molecular weight is 264 g/mol. The van der Waals surface area contributed by atoms with Gasteiger partial charge in [-0.2, -0.15) is 0 Å². The minimum absolute atomic E-state index is 0.0667. The average Bonchev–Trinajstić information content (AvgIpc) is 2.40. The molecule has 1 N–H and O–H groups in total. The lowest BCUT2D eigenvalue weighted by Gasteiger charge is -2.08. The second-order valence-corrected chi connectivity index (χ2v) is 3.92. The second kappa shape index (κ2) is 6.13. The van der Waals surface area contributed by atoms with E-state index in [0.717, 1.165) is 30.1 Å². The molecular weight excluding hydrogens is 250 g/mol. The van der Waals surface area contributed by atoms with Gasteiger partial charge in [0.15, 0.2) is 17.4 Å². The van der Waals surface area contributed by atoms with Gasteiger partial charge in [-0.1, -0.05) is 12.1 Å². The van der Waals surface area contributed by atoms with Gasteiger partial charge in [0.1, 0.15) is 12.4 Å². The van der Waals surface area contributed by atoms with Crippen molar-refractivity contribution in [1.82, 2.24) is 4.98 Å². The highest BCUT2D eigenvalue weighted by molar-refractivity contribution is 5.35. The Kier molecular flexibility index (Phi) is 4.28. The zero-order valence-corrected chi connectivity index (χ0v) is 10.5. The van der Waals surface area contributed by atoms with Crippen LogP contribution in [0.25, 0.3) is 0 Å². The molecule has 0 radical (unpaired) electrons. The number of nitrogens with zero attached hydrogens (tertiary/aromatic N) is 1. The Labute approximate surface area is 110 Å². The van der Waals surface area contributed by atoms with Crippen molar-refractivity contribution < 1.29 is 13.5 Å². The number of para-hydroxylation sites is 1. The number of rotatable bonds is 5. The first-order valence-electron chi connectivity index (χ1n) is 5.96. The smallest absolute Gasteiger partial charge is 0.191 e. The molecule has 2 rings (SSSR count). The van der Waals surface area contributed by atoms with Gasteiger partial charge in [0, 0.05) is 18.3 Å². The van der Waals surface area contributed by atoms with Crippen molar-refractivity contribution in [2.75, 3.05) is 11.9 Å². The van der Waals surface area contributed by atoms with Gasteiger partial charge in [-0.15, -0.1) is 0 Å². The molecule has 100 valence electrons. The van der Waals surface area contributed by atoms with Gasteiger partial charge < -0.3 is 10.1 Å². The number of halogens is 2. The van der Waals surface area contributed by atoms with Crippen LogP contribution in [-0.4, -0.2) is 11.5 Å². The molecule has 0 bridgehead atoms. The standard InChI is InChI=1S/C14H14F2N2O/c1-2-17-13-7-6-10(8-18-13)9-19-14-11(15)4-3-5-12(14)16/h3-8H,2,9H2,1H3,(H,17,18). The highest BCUT2D eigenvalue weighted by Gasteiger charge is 2.09. The summed E-state index contributed by atoms with van der Waals surface area (Å²) >= 11 is 0. The Hall–Kier alpha value is -2.17. The van der Waals surface area contributed by atoms with Crippen molar-refractivity contribution in [3.8, 4) is 5.75 Å². The van der Waals surface area contributed by atoms with Crippen LogP contribution in [-0.2, 0) is 6.61 Å². The molecule has 1 aromatic carbocycles. The van der Waals surface area contributed by atoms with E-state index in [4.69, 9.17) is 4.74 Å². The molecule has 0 aliphatic carbocycles. The van der Waals surface area contributed by atoms with E-state index < -0.39 is 11.6 Å². The van der Waals surface area contributed by atoms with Crippen molar-refractivity contribution in [1.29, 1.82) is 0 Å². The molecule has 1 aromatic heterocycles. The molecule has 19 heavy (non-hydrogen) atoms. The molecular formula is C14H14F2N2O. The molecule has 0 saturated carbocycles. The molecule has 0 spiro atoms. The molecule has 0 atom stereocenters. The van der Waals surface area contributed by atoms with Gasteiger partial charge in [0.2, 0.25) is 0 Å². The van der Waals surface area contributed by atoms with Crippen molar-refractivity contribution in [2.45, 2.75) is 13.5 Å². The predicted octanol–water partition coefficient (Wildman–Crippen LogP) is 3.37. The van der Waals surface area contributed by atoms with Crippen LogP contribution < -0.4 is 10.1 Å². The van der Waals surface area contributed by atoms with E-state index in [1.807, 2.05) is 6.92 Å². The van der Waals surface area contributed by atoms with Crippen molar-refractivity contribution >= 4 is 5.82 Å². The first kappa shape index (κ1) is 13.3. The van der Waals surface area contributed by atoms with Crippen LogP contribution >= 0.6 is 0 Å². The maximum atomic E-state index is 13.3. The van der Waals surface area contributed by atoms with Crippen molar-refractivity contribution in [2.24, 2.45) is 0 Å². The second-order valence-electron chi connectivity index (χ2n) is 3.92. The van der Waals surface area contributed by atoms with Crippen LogP contribution in [0, 0.1) is 11.6 Å². The fraction of sp³-hybridized carbons (Fsp3) is 0.214. The molecule has 0 saturated heterocycles. The lowest BCUT2D eigenvalue weighted by molar-refractivity contribution is 0.274. The Morgan fingerprint density at radius 2 is 1.89 bits per heavy atom. The Morgan fingerprint density at radius 3 is 2.47 bits per heavy atom. The third kappa shape index (κ3) is 3.40. The predicted molar refractivity (Wildman–Crippen MR) is 69.1 cm³/mol. The molecule has 2 aromatic rings. The molecule has 0 aliphatic heterocycles. The third-order valence-corrected chi connectivity index (χ3v) is 2.48. The fourth-order valence-electron chi connectivity index (χ4n) is 1.57. The summed E-state index contributed by atoms with van der Waals surface area (Å²) < 4.78 is 31.8. The summed E-state index contributed by atoms with van der Waals surface area (Å²) in [6.45, 7) is 2.82. The lowest BCUT2D eigenvalue weighted by atomic mass is 10.3. The van der Waals surface area contributed by atoms with Gasteiger partial charge in [-0.25, -0.2) is 13.8 Å². The SMILES string of the molecule is CCNc1ccc(COc2c(F)cccc2F)cn1. The number of ether oxygens (including phenoxy) is 1. The Morgan fingerprint density at radius 1 is 1.16 bits per heavy atom. The van der Waals surface area contributed by atoms with Gasteiger partial charge in [0.05, 0.1) is 0 Å². The van der Waals surface area contributed by atoms with Crippen LogP contribution in [0.2, 0.25) is 0 Å². The number of pyridine rings is 1. The van der Waals surface area contributed by atoms with Crippen molar-refractivity contribution in [3.05, 3.63) is 53.7 Å². The van der Waals surface area contributed by atoms with E-state index in [1.54, 1.807) is 18.3 Å². The monoisotopic (exact) mass is 264 g/mol. The summed E-state index contributed by atoms with van der Waals surface area (Å²) in [5.41, 5.74) is 0.740. The topological polar surface area (TPSA) is 34.1 Å². The lowest BCUT2D eigenvalue weighted by Crippen LogP contribution is -2.02. The van der Waals surface area contributed by atoms with E-state index in [0.29, 0.717) is 0 Å². The van der Waals surface area contributed by atoms with Crippen LogP contribution in [0.4, 0.5) is 14.6 Å². The van der Waals surface area contributed by atoms with Gasteiger partial charge in [-0.3, -0.25) is 0 Å². The maximum absolute atomic E-state index is 13.3. The summed E-state index contributed by atoms with van der Waals surface area (Å²) in [5, 5.41) is 3.05. The summed E-state index contributed by atoms with van der Waals surface area (Å²) in [7, 11) is 0. The quantitative estimate of drug-likeness (QED) is 0.899. The number of nitrogens with one attached hydrogen (secondary N) is 1. The first-order valence-corrected chi connectivity index (χ1v) is 5.96. The van der Waals surface area contributed by atoms with Gasteiger partial charge in [0.25, 0.3) is 0 Å². The van der Waals surface area contributed by atoms with Crippen LogP contribution in [0.3, 0.4) is 0 Å². The minimum atomic E-state index is -0.711. The number of anilines is 1. The number of aromatic nitrogens is 1. The van der Waals surface area contributed by atoms with E-state index in [2.05, 4.69) is 10.3 Å². The summed E-state index contributed by atoms with van der Waals surface area (Å²) in [5.74, 6) is -1.03. The first-order chi connectivity index (χ1) is 9.20. The third-order valence-electron chi connectivity index (χ3n) is 2.48. The minimum Gasteiger partial charge on any atom is -0.483 e. The summed E-state index contributed by atoms with van der Waals surface area (Å²) in [4.78, 5) is 4.15. The summed E-state index contributed by atoms with van der Waals surface area (Å²) in [6.07, 6.45) is 1.61. The van der Waals surface area contributed by atoms with Crippen LogP contribution in [0.15, 0.2) is 36.5 Å². The Balaban J connectivity index is 2.02. The number of hydrogen-bond donors (Lipinski definition) is 1. The fourth-order valence-corrected chi connectivity index (χ4v) is 1.57. The molecule has 5 heteroatoms.